The van der Waals surface area contributed by atoms with Gasteiger partial charge in [-0.15, -0.1) is 0 Å². The van der Waals surface area contributed by atoms with Crippen molar-refractivity contribution in [1.29, 1.82) is 0 Å². The van der Waals surface area contributed by atoms with Crippen LogP contribution in [-0.4, -0.2) is 44.5 Å². The van der Waals surface area contributed by atoms with Gasteiger partial charge in [-0.05, 0) is 92.1 Å². The standard InChI is InChI=1S/C29H28FN5O3S/c1-19-9-10-31-26(11-19)28(36)29-13-20(18-39(37,38)25-16-32-34(2)17-25)3-4-22(29)12-27-21(14-29)15-33-35(27)24-7-5-23(30)6-8-24/h5-12,15-17,20H,3-4,13-14,18H2,1-2H3/t20-,29+/m0/s1. The van der Waals surface area contributed by atoms with E-state index in [1.54, 1.807) is 42.3 Å². The van der Waals surface area contributed by atoms with Crippen LogP contribution < -0.4 is 0 Å². The molecular formula is C29H28FN5O3S. The Morgan fingerprint density at radius 1 is 1.15 bits per heavy atom. The second-order valence-electron chi connectivity index (χ2n) is 10.7. The molecule has 3 heterocycles. The highest BCUT2D eigenvalue weighted by Crippen LogP contribution is 2.52. The van der Waals surface area contributed by atoms with Crippen LogP contribution in [0.3, 0.4) is 0 Å². The lowest BCUT2D eigenvalue weighted by Crippen LogP contribution is -2.43. The van der Waals surface area contributed by atoms with Crippen LogP contribution in [0.25, 0.3) is 11.8 Å². The van der Waals surface area contributed by atoms with Gasteiger partial charge < -0.3 is 0 Å². The number of hydrogen-bond donors (Lipinski definition) is 0. The predicted octanol–water partition coefficient (Wildman–Crippen LogP) is 4.53. The summed E-state index contributed by atoms with van der Waals surface area (Å²) in [5, 5.41) is 8.60. The van der Waals surface area contributed by atoms with Gasteiger partial charge in [0.2, 0.25) is 0 Å². The van der Waals surface area contributed by atoms with E-state index in [1.807, 2.05) is 19.1 Å². The van der Waals surface area contributed by atoms with Gasteiger partial charge in [-0.2, -0.15) is 10.2 Å². The van der Waals surface area contributed by atoms with Crippen LogP contribution in [-0.2, 0) is 23.3 Å². The Labute approximate surface area is 226 Å². The minimum atomic E-state index is -3.57. The SMILES string of the molecule is Cc1ccnc(C(=O)[C@]23Cc4cnn(-c5ccc(F)cc5)c4C=C2CC[C@H](CS(=O)(=O)c2cnn(C)c2)C3)c1. The maximum atomic E-state index is 14.3. The summed E-state index contributed by atoms with van der Waals surface area (Å²) >= 11 is 0. The normalized spacial score (nSPS) is 20.7. The number of hydrogen-bond acceptors (Lipinski definition) is 6. The maximum Gasteiger partial charge on any atom is 0.191 e. The van der Waals surface area contributed by atoms with Gasteiger partial charge >= 0.3 is 0 Å². The lowest BCUT2D eigenvalue weighted by Gasteiger charge is -2.44. The van der Waals surface area contributed by atoms with Crippen molar-refractivity contribution in [2.24, 2.45) is 18.4 Å². The number of Topliss-reactive ketones (excluding diaryl/α,β-unsaturated/α-hetero) is 1. The van der Waals surface area contributed by atoms with Crippen molar-refractivity contribution < 1.29 is 17.6 Å². The van der Waals surface area contributed by atoms with E-state index >= 15 is 0 Å². The number of fused-ring (bicyclic) bond motifs is 2. The number of sulfone groups is 1. The van der Waals surface area contributed by atoms with E-state index in [2.05, 4.69) is 15.2 Å². The molecule has 0 bridgehead atoms. The Hall–Kier alpha value is -3.92. The molecule has 39 heavy (non-hydrogen) atoms. The fourth-order valence-corrected chi connectivity index (χ4v) is 7.63. The van der Waals surface area contributed by atoms with Crippen molar-refractivity contribution in [2.75, 3.05) is 5.75 Å². The Morgan fingerprint density at radius 2 is 1.95 bits per heavy atom. The van der Waals surface area contributed by atoms with Gasteiger partial charge in [0, 0.05) is 19.4 Å². The van der Waals surface area contributed by atoms with E-state index < -0.39 is 15.3 Å². The minimum absolute atomic E-state index is 0.0516. The number of halogens is 1. The van der Waals surface area contributed by atoms with Gasteiger partial charge in [0.15, 0.2) is 15.6 Å². The second kappa shape index (κ2) is 9.37. The van der Waals surface area contributed by atoms with E-state index in [4.69, 9.17) is 0 Å². The van der Waals surface area contributed by atoms with Crippen molar-refractivity contribution in [3.63, 3.8) is 0 Å². The number of carbonyl (C=O) groups excluding carboxylic acids is 1. The molecule has 2 aliphatic rings. The number of carbonyl (C=O) groups is 1. The first-order valence-corrected chi connectivity index (χ1v) is 14.5. The van der Waals surface area contributed by atoms with Crippen LogP contribution in [0.5, 0.6) is 0 Å². The molecule has 1 fully saturated rings. The lowest BCUT2D eigenvalue weighted by atomic mass is 9.59. The fraction of sp³-hybridized carbons (Fsp3) is 0.310. The largest absolute Gasteiger partial charge is 0.291 e. The molecule has 4 aromatic rings. The number of nitrogens with zero attached hydrogens (tertiary/aromatic N) is 5. The molecule has 8 nitrogen and oxygen atoms in total. The molecule has 0 spiro atoms. The molecule has 0 radical (unpaired) electrons. The van der Waals surface area contributed by atoms with Crippen molar-refractivity contribution in [1.82, 2.24) is 24.5 Å². The van der Waals surface area contributed by atoms with E-state index in [-0.39, 0.29) is 28.2 Å². The monoisotopic (exact) mass is 545 g/mol. The summed E-state index contributed by atoms with van der Waals surface area (Å²) in [6.07, 6.45) is 10.3. The van der Waals surface area contributed by atoms with Crippen LogP contribution in [0.15, 0.2) is 71.7 Å². The van der Waals surface area contributed by atoms with Crippen LogP contribution >= 0.6 is 0 Å². The summed E-state index contributed by atoms with van der Waals surface area (Å²) in [4.78, 5) is 18.9. The number of benzene rings is 1. The molecule has 0 saturated heterocycles. The van der Waals surface area contributed by atoms with Crippen molar-refractivity contribution in [2.45, 2.75) is 37.5 Å². The zero-order chi connectivity index (χ0) is 27.4. The predicted molar refractivity (Wildman–Crippen MR) is 144 cm³/mol. The molecule has 1 saturated carbocycles. The Bertz CT molecular complexity index is 1720. The quantitative estimate of drug-likeness (QED) is 0.330. The molecular weight excluding hydrogens is 517 g/mol. The van der Waals surface area contributed by atoms with Gasteiger partial charge in [0.05, 0.1) is 34.9 Å². The smallest absolute Gasteiger partial charge is 0.191 e. The maximum absolute atomic E-state index is 14.3. The number of rotatable bonds is 6. The molecule has 0 unspecified atom stereocenters. The van der Waals surface area contributed by atoms with E-state index in [0.29, 0.717) is 31.4 Å². The summed E-state index contributed by atoms with van der Waals surface area (Å²) in [5.74, 6) is -0.687. The van der Waals surface area contributed by atoms with Crippen LogP contribution in [0, 0.1) is 24.1 Å². The molecule has 0 amide bonds. The summed E-state index contributed by atoms with van der Waals surface area (Å²) < 4.78 is 43.3. The highest BCUT2D eigenvalue weighted by atomic mass is 32.2. The summed E-state index contributed by atoms with van der Waals surface area (Å²) in [6.45, 7) is 1.92. The molecule has 3 aromatic heterocycles. The molecule has 0 aliphatic heterocycles. The van der Waals surface area contributed by atoms with Crippen LogP contribution in [0.4, 0.5) is 4.39 Å². The number of pyridine rings is 1. The zero-order valence-electron chi connectivity index (χ0n) is 21.7. The summed E-state index contributed by atoms with van der Waals surface area (Å²) in [6, 6.07) is 9.77. The van der Waals surface area contributed by atoms with Crippen molar-refractivity contribution in [3.8, 4) is 5.69 Å². The number of allylic oxidation sites excluding steroid dienone is 1. The van der Waals surface area contributed by atoms with E-state index in [9.17, 15) is 17.6 Å². The van der Waals surface area contributed by atoms with Gasteiger partial charge in [-0.25, -0.2) is 17.5 Å². The molecule has 2 aliphatic carbocycles. The van der Waals surface area contributed by atoms with Gasteiger partial charge in [-0.1, -0.05) is 5.57 Å². The first-order valence-electron chi connectivity index (χ1n) is 12.9. The summed E-state index contributed by atoms with van der Waals surface area (Å²) in [5.41, 5.74) is 3.83. The number of aromatic nitrogens is 5. The van der Waals surface area contributed by atoms with Crippen molar-refractivity contribution >= 4 is 21.7 Å². The van der Waals surface area contributed by atoms with Gasteiger partial charge in [0.25, 0.3) is 0 Å². The van der Waals surface area contributed by atoms with E-state index in [0.717, 1.165) is 28.1 Å². The molecule has 10 heteroatoms. The third-order valence-corrected chi connectivity index (χ3v) is 9.75. The third kappa shape index (κ3) is 4.52. The minimum Gasteiger partial charge on any atom is -0.291 e. The highest BCUT2D eigenvalue weighted by molar-refractivity contribution is 7.91. The third-order valence-electron chi connectivity index (χ3n) is 7.91. The average molecular weight is 546 g/mol. The Morgan fingerprint density at radius 3 is 2.67 bits per heavy atom. The van der Waals surface area contributed by atoms with E-state index in [1.165, 1.54) is 29.2 Å². The number of ketones is 1. The molecule has 0 N–H and O–H groups in total. The highest BCUT2D eigenvalue weighted by Gasteiger charge is 2.50. The fourth-order valence-electron chi connectivity index (χ4n) is 6.01. The van der Waals surface area contributed by atoms with Gasteiger partial charge in [-0.3, -0.25) is 14.5 Å². The van der Waals surface area contributed by atoms with Crippen LogP contribution in [0.1, 0.15) is 46.6 Å². The zero-order valence-corrected chi connectivity index (χ0v) is 22.5. The van der Waals surface area contributed by atoms with Crippen molar-refractivity contribution in [3.05, 3.63) is 95.1 Å². The molecule has 1 aromatic carbocycles. The molecule has 200 valence electrons. The second-order valence-corrected chi connectivity index (χ2v) is 12.7. The first-order chi connectivity index (χ1) is 18.6. The summed E-state index contributed by atoms with van der Waals surface area (Å²) in [7, 11) is -1.89. The average Bonchev–Trinajstić information content (AvgIpc) is 3.53. The topological polar surface area (TPSA) is 99.7 Å². The van der Waals surface area contributed by atoms with Gasteiger partial charge in [0.1, 0.15) is 16.4 Å². The lowest BCUT2D eigenvalue weighted by molar-refractivity contribution is 0.0763. The first kappa shape index (κ1) is 25.4. The Kier molecular flexibility index (Phi) is 6.10. The molecule has 6 rings (SSSR count). The number of aryl methyl sites for hydroxylation is 2. The Balaban J connectivity index is 1.40. The van der Waals surface area contributed by atoms with Crippen LogP contribution in [0.2, 0.25) is 0 Å². The molecule has 2 atom stereocenters.